The van der Waals surface area contributed by atoms with Gasteiger partial charge in [0.25, 0.3) is 5.91 Å². The number of anilines is 3. The Hall–Kier alpha value is -2.09. The van der Waals surface area contributed by atoms with Gasteiger partial charge >= 0.3 is 0 Å². The number of hydrogen-bond donors (Lipinski definition) is 2. The Morgan fingerprint density at radius 1 is 1.42 bits per heavy atom. The quantitative estimate of drug-likeness (QED) is 0.891. The molecule has 0 bridgehead atoms. The molecule has 0 atom stereocenters. The molecular weight excluding hydrogens is 314 g/mol. The molecule has 1 amide bonds. The van der Waals surface area contributed by atoms with Crippen molar-refractivity contribution in [1.82, 2.24) is 10.3 Å². The molecule has 0 aliphatic heterocycles. The number of aromatic nitrogens is 2. The Morgan fingerprint density at radius 3 is 2.74 bits per heavy atom. The van der Waals surface area contributed by atoms with E-state index < -0.39 is 5.91 Å². The van der Waals surface area contributed by atoms with Crippen LogP contribution in [0.4, 0.5) is 17.2 Å². The zero-order valence-corrected chi connectivity index (χ0v) is 11.9. The highest BCUT2D eigenvalue weighted by atomic mass is 79.9. The average Bonchev–Trinajstić information content (AvgIpc) is 2.75. The van der Waals surface area contributed by atoms with Crippen molar-refractivity contribution >= 4 is 39.0 Å². The van der Waals surface area contributed by atoms with Crippen LogP contribution in [0.2, 0.25) is 0 Å². The molecule has 0 fully saturated rings. The van der Waals surface area contributed by atoms with Crippen molar-refractivity contribution in [2.24, 2.45) is 0 Å². The number of nitrogens with one attached hydrogen (secondary N) is 1. The van der Waals surface area contributed by atoms with Gasteiger partial charge in [-0.25, -0.2) is 4.63 Å². The number of halogens is 1. The third-order valence-electron chi connectivity index (χ3n) is 2.42. The van der Waals surface area contributed by atoms with Crippen molar-refractivity contribution in [1.29, 1.82) is 0 Å². The van der Waals surface area contributed by atoms with E-state index in [-0.39, 0.29) is 11.5 Å². The maximum absolute atomic E-state index is 12.0. The van der Waals surface area contributed by atoms with E-state index in [9.17, 15) is 4.79 Å². The van der Waals surface area contributed by atoms with Gasteiger partial charge in [-0.1, -0.05) is 15.9 Å². The van der Waals surface area contributed by atoms with Gasteiger partial charge in [0, 0.05) is 18.6 Å². The van der Waals surface area contributed by atoms with Gasteiger partial charge in [-0.05, 0) is 28.5 Å². The van der Waals surface area contributed by atoms with Gasteiger partial charge in [0.2, 0.25) is 11.5 Å². The van der Waals surface area contributed by atoms with Crippen LogP contribution in [0.5, 0.6) is 0 Å². The Labute approximate surface area is 117 Å². The number of amides is 1. The third kappa shape index (κ3) is 2.84. The van der Waals surface area contributed by atoms with Crippen LogP contribution in [0.3, 0.4) is 0 Å². The second kappa shape index (κ2) is 5.27. The standard InChI is InChI=1S/C11H12BrN5O2/c1-17(2)8-4-3-6(12)5-7(8)14-11(18)9-10(13)16-19-15-9/h3-5H,1-2H3,(H2,13,16)(H,14,18). The second-order valence-corrected chi connectivity index (χ2v) is 4.92. The predicted molar refractivity (Wildman–Crippen MR) is 75.1 cm³/mol. The van der Waals surface area contributed by atoms with Crippen molar-refractivity contribution in [3.8, 4) is 0 Å². The molecular formula is C11H12BrN5O2. The van der Waals surface area contributed by atoms with E-state index in [2.05, 4.69) is 36.2 Å². The van der Waals surface area contributed by atoms with Crippen LogP contribution in [0, 0.1) is 0 Å². The molecule has 0 radical (unpaired) electrons. The van der Waals surface area contributed by atoms with Crippen LogP contribution in [-0.2, 0) is 0 Å². The van der Waals surface area contributed by atoms with E-state index >= 15 is 0 Å². The molecule has 1 heterocycles. The summed E-state index contributed by atoms with van der Waals surface area (Å²) in [7, 11) is 3.76. The first-order chi connectivity index (χ1) is 8.99. The Balaban J connectivity index is 2.31. The molecule has 100 valence electrons. The van der Waals surface area contributed by atoms with Gasteiger partial charge in [0.15, 0.2) is 0 Å². The van der Waals surface area contributed by atoms with Crippen LogP contribution in [0.25, 0.3) is 0 Å². The summed E-state index contributed by atoms with van der Waals surface area (Å²) < 4.78 is 5.25. The van der Waals surface area contributed by atoms with Gasteiger partial charge in [0.05, 0.1) is 11.4 Å². The zero-order chi connectivity index (χ0) is 14.0. The van der Waals surface area contributed by atoms with Crippen molar-refractivity contribution in [3.05, 3.63) is 28.4 Å². The SMILES string of the molecule is CN(C)c1ccc(Br)cc1NC(=O)c1nonc1N. The summed E-state index contributed by atoms with van der Waals surface area (Å²) in [5.74, 6) is -0.515. The largest absolute Gasteiger partial charge is 0.379 e. The number of hydrogen-bond acceptors (Lipinski definition) is 6. The molecule has 0 saturated carbocycles. The minimum Gasteiger partial charge on any atom is -0.379 e. The Bertz CT molecular complexity index is 611. The van der Waals surface area contributed by atoms with Crippen LogP contribution in [0.1, 0.15) is 10.5 Å². The van der Waals surface area contributed by atoms with Crippen molar-refractivity contribution in [3.63, 3.8) is 0 Å². The first-order valence-electron chi connectivity index (χ1n) is 5.35. The van der Waals surface area contributed by atoms with Crippen LogP contribution >= 0.6 is 15.9 Å². The topological polar surface area (TPSA) is 97.3 Å². The smallest absolute Gasteiger partial charge is 0.281 e. The molecule has 2 rings (SSSR count). The predicted octanol–water partition coefficient (Wildman–Crippen LogP) is 1.73. The number of benzene rings is 1. The summed E-state index contributed by atoms with van der Waals surface area (Å²) in [4.78, 5) is 13.9. The van der Waals surface area contributed by atoms with Gasteiger partial charge in [0.1, 0.15) is 0 Å². The summed E-state index contributed by atoms with van der Waals surface area (Å²) in [5.41, 5.74) is 6.92. The lowest BCUT2D eigenvalue weighted by atomic mass is 10.2. The van der Waals surface area contributed by atoms with Gasteiger partial charge in [-0.2, -0.15) is 0 Å². The van der Waals surface area contributed by atoms with Crippen molar-refractivity contribution < 1.29 is 9.42 Å². The molecule has 2 aromatic rings. The molecule has 0 spiro atoms. The summed E-state index contributed by atoms with van der Waals surface area (Å²) in [6.45, 7) is 0. The molecule has 1 aromatic carbocycles. The zero-order valence-electron chi connectivity index (χ0n) is 10.3. The molecule has 8 heteroatoms. The van der Waals surface area contributed by atoms with Crippen LogP contribution < -0.4 is 16.0 Å². The monoisotopic (exact) mass is 325 g/mol. The fraction of sp³-hybridized carbons (Fsp3) is 0.182. The van der Waals surface area contributed by atoms with Crippen LogP contribution in [-0.4, -0.2) is 30.3 Å². The molecule has 0 aliphatic carbocycles. The molecule has 0 aliphatic rings. The average molecular weight is 326 g/mol. The van der Waals surface area contributed by atoms with E-state index in [4.69, 9.17) is 5.73 Å². The van der Waals surface area contributed by atoms with E-state index in [1.54, 1.807) is 6.07 Å². The Kier molecular flexibility index (Phi) is 3.70. The van der Waals surface area contributed by atoms with E-state index in [1.165, 1.54) is 0 Å². The van der Waals surface area contributed by atoms with Gasteiger partial charge in [-0.15, -0.1) is 0 Å². The number of rotatable bonds is 3. The van der Waals surface area contributed by atoms with Crippen molar-refractivity contribution in [2.75, 3.05) is 30.0 Å². The summed E-state index contributed by atoms with van der Waals surface area (Å²) in [6, 6.07) is 5.55. The molecule has 19 heavy (non-hydrogen) atoms. The highest BCUT2D eigenvalue weighted by Crippen LogP contribution is 2.28. The number of nitrogen functional groups attached to an aromatic ring is 1. The van der Waals surface area contributed by atoms with Crippen LogP contribution in [0.15, 0.2) is 27.3 Å². The lowest BCUT2D eigenvalue weighted by Gasteiger charge is -2.17. The number of nitrogens with two attached hydrogens (primary N) is 1. The minimum absolute atomic E-state index is 0.0373. The Morgan fingerprint density at radius 2 is 2.16 bits per heavy atom. The first-order valence-corrected chi connectivity index (χ1v) is 6.14. The maximum Gasteiger partial charge on any atom is 0.281 e. The lowest BCUT2D eigenvalue weighted by Crippen LogP contribution is -2.18. The highest BCUT2D eigenvalue weighted by molar-refractivity contribution is 9.10. The summed E-state index contributed by atoms with van der Waals surface area (Å²) in [5, 5.41) is 9.55. The van der Waals surface area contributed by atoms with E-state index in [0.29, 0.717) is 5.69 Å². The van der Waals surface area contributed by atoms with Gasteiger partial charge < -0.3 is 16.0 Å². The first kappa shape index (κ1) is 13.3. The fourth-order valence-corrected chi connectivity index (χ4v) is 1.89. The normalized spacial score (nSPS) is 10.3. The highest BCUT2D eigenvalue weighted by Gasteiger charge is 2.17. The number of carbonyl (C=O) groups excluding carboxylic acids is 1. The van der Waals surface area contributed by atoms with Gasteiger partial charge in [-0.3, -0.25) is 4.79 Å². The van der Waals surface area contributed by atoms with Crippen molar-refractivity contribution in [2.45, 2.75) is 0 Å². The second-order valence-electron chi connectivity index (χ2n) is 4.01. The fourth-order valence-electron chi connectivity index (χ4n) is 1.53. The lowest BCUT2D eigenvalue weighted by molar-refractivity contribution is 0.101. The summed E-state index contributed by atoms with van der Waals surface area (Å²) in [6.07, 6.45) is 0. The minimum atomic E-state index is -0.472. The molecule has 7 nitrogen and oxygen atoms in total. The number of carbonyl (C=O) groups is 1. The van der Waals surface area contributed by atoms with E-state index in [1.807, 2.05) is 31.1 Å². The summed E-state index contributed by atoms with van der Waals surface area (Å²) >= 11 is 3.36. The molecule has 0 unspecified atom stereocenters. The molecule has 3 N–H and O–H groups in total. The molecule has 1 aromatic heterocycles. The maximum atomic E-state index is 12.0. The third-order valence-corrected chi connectivity index (χ3v) is 2.91. The van der Waals surface area contributed by atoms with E-state index in [0.717, 1.165) is 10.2 Å². The number of nitrogens with zero attached hydrogens (tertiary/aromatic N) is 3. The molecule has 0 saturated heterocycles.